The van der Waals surface area contributed by atoms with Crippen molar-refractivity contribution in [1.29, 1.82) is 0 Å². The predicted molar refractivity (Wildman–Crippen MR) is 144 cm³/mol. The van der Waals surface area contributed by atoms with Crippen LogP contribution in [0.1, 0.15) is 54.5 Å². The molecule has 0 saturated carbocycles. The molecule has 3 aliphatic rings. The Labute approximate surface area is 221 Å². The van der Waals surface area contributed by atoms with Crippen LogP contribution in [0.15, 0.2) is 42.2 Å². The first-order chi connectivity index (χ1) is 17.0. The average Bonchev–Trinajstić information content (AvgIpc) is 3.29. The number of anilines is 3. The standard InChI is InChI=1S/C27H25N5O2SSe/c1-26(2)16-8-7-9-17-19(16)32(21-20(27(17,3)4)28-10-11-29-21)24-18(26)13-14(36-24)12-15-22(33)30(5)25(35)31(6)23(15)34/h7-13H,1-6H3. The number of hydrogen-bond acceptors (Lipinski definition) is 6. The molecule has 1 aromatic carbocycles. The SMILES string of the molecule is CN1C(=O)C(=Cc2cc3c([se]2)N2c4nccnc4C(C)(C)c4cccc(c42)C3(C)C)C(=O)N(C)C1=S. The van der Waals surface area contributed by atoms with Crippen LogP contribution in [0.25, 0.3) is 6.08 Å². The van der Waals surface area contributed by atoms with Gasteiger partial charge in [0.15, 0.2) is 0 Å². The van der Waals surface area contributed by atoms with Gasteiger partial charge in [0.05, 0.1) is 0 Å². The molecular formula is C27H25N5O2SSe. The molecule has 0 N–H and O–H groups in total. The van der Waals surface area contributed by atoms with Crippen molar-refractivity contribution in [2.75, 3.05) is 19.0 Å². The summed E-state index contributed by atoms with van der Waals surface area (Å²) in [5.74, 6) is 0.111. The van der Waals surface area contributed by atoms with Crippen molar-refractivity contribution in [3.63, 3.8) is 0 Å². The van der Waals surface area contributed by atoms with Crippen molar-refractivity contribution in [3.05, 3.63) is 69.1 Å². The molecule has 0 radical (unpaired) electrons. The molecule has 0 spiro atoms. The van der Waals surface area contributed by atoms with Gasteiger partial charge in [0.2, 0.25) is 0 Å². The second kappa shape index (κ2) is 7.44. The zero-order valence-electron chi connectivity index (χ0n) is 20.9. The Morgan fingerprint density at radius 3 is 2.19 bits per heavy atom. The molecule has 0 unspecified atom stereocenters. The van der Waals surface area contributed by atoms with Crippen molar-refractivity contribution in [2.45, 2.75) is 38.5 Å². The van der Waals surface area contributed by atoms with Crippen LogP contribution < -0.4 is 4.90 Å². The Hall–Kier alpha value is -3.13. The predicted octanol–water partition coefficient (Wildman–Crippen LogP) is 3.88. The van der Waals surface area contributed by atoms with Crippen LogP contribution in [0.3, 0.4) is 0 Å². The molecule has 5 heterocycles. The van der Waals surface area contributed by atoms with Crippen molar-refractivity contribution < 1.29 is 9.59 Å². The summed E-state index contributed by atoms with van der Waals surface area (Å²) >= 11 is 5.09. The van der Waals surface area contributed by atoms with E-state index in [2.05, 4.69) is 56.9 Å². The number of aromatic nitrogens is 2. The number of hydrogen-bond donors (Lipinski definition) is 0. The van der Waals surface area contributed by atoms with Crippen LogP contribution in [0.2, 0.25) is 0 Å². The van der Waals surface area contributed by atoms with Gasteiger partial charge in [0.25, 0.3) is 0 Å². The van der Waals surface area contributed by atoms with Gasteiger partial charge in [-0.1, -0.05) is 0 Å². The summed E-state index contributed by atoms with van der Waals surface area (Å²) in [7, 11) is 3.20. The normalized spacial score (nSPS) is 19.2. The molecule has 0 atom stereocenters. The minimum atomic E-state index is -0.370. The Kier molecular flexibility index (Phi) is 4.81. The third-order valence-corrected chi connectivity index (χ3v) is 10.4. The molecule has 0 bridgehead atoms. The Balaban J connectivity index is 1.59. The first kappa shape index (κ1) is 23.3. The summed E-state index contributed by atoms with van der Waals surface area (Å²) < 4.78 is 2.14. The van der Waals surface area contributed by atoms with Gasteiger partial charge in [-0.05, 0) is 0 Å². The number of likely N-dealkylation sites (N-methyl/N-ethyl adjacent to an activating group) is 2. The van der Waals surface area contributed by atoms with Crippen LogP contribution in [0.5, 0.6) is 0 Å². The second-order valence-corrected chi connectivity index (χ2v) is 13.0. The molecule has 6 rings (SSSR count). The molecule has 3 aromatic rings. The summed E-state index contributed by atoms with van der Waals surface area (Å²) in [6.45, 7) is 8.90. The maximum atomic E-state index is 13.0. The fraction of sp³-hybridized carbons (Fsp3) is 0.296. The third-order valence-electron chi connectivity index (χ3n) is 7.63. The molecule has 3 aliphatic heterocycles. The number of carbonyl (C=O) groups excluding carboxylic acids is 2. The fourth-order valence-corrected chi connectivity index (χ4v) is 8.34. The Morgan fingerprint density at radius 1 is 0.917 bits per heavy atom. The van der Waals surface area contributed by atoms with E-state index in [1.165, 1.54) is 36.7 Å². The molecule has 1 saturated heterocycles. The number of amides is 2. The number of nitrogens with zero attached hydrogens (tertiary/aromatic N) is 5. The van der Waals surface area contributed by atoms with Gasteiger partial charge in [-0.15, -0.1) is 0 Å². The maximum absolute atomic E-state index is 13.0. The minimum absolute atomic E-state index is 0.137. The van der Waals surface area contributed by atoms with Crippen LogP contribution in [0.4, 0.5) is 16.1 Å². The van der Waals surface area contributed by atoms with Gasteiger partial charge >= 0.3 is 222 Å². The van der Waals surface area contributed by atoms with E-state index in [0.717, 1.165) is 15.9 Å². The molecule has 2 aromatic heterocycles. The quantitative estimate of drug-likeness (QED) is 0.194. The molecule has 2 amide bonds. The number of thiocarbonyl (C=S) groups is 1. The second-order valence-electron chi connectivity index (χ2n) is 10.5. The van der Waals surface area contributed by atoms with E-state index in [9.17, 15) is 9.59 Å². The van der Waals surface area contributed by atoms with Crippen molar-refractivity contribution in [2.24, 2.45) is 0 Å². The number of para-hydroxylation sites is 1. The molecule has 7 nitrogen and oxygen atoms in total. The van der Waals surface area contributed by atoms with Gasteiger partial charge < -0.3 is 0 Å². The average molecular weight is 563 g/mol. The molecular weight excluding hydrogens is 537 g/mol. The number of rotatable bonds is 1. The van der Waals surface area contributed by atoms with Crippen LogP contribution in [-0.4, -0.2) is 65.3 Å². The third kappa shape index (κ3) is 2.88. The number of benzene rings is 1. The van der Waals surface area contributed by atoms with Crippen molar-refractivity contribution in [3.8, 4) is 0 Å². The van der Waals surface area contributed by atoms with Gasteiger partial charge in [0.1, 0.15) is 0 Å². The zero-order valence-corrected chi connectivity index (χ0v) is 23.4. The zero-order chi connectivity index (χ0) is 25.7. The molecule has 9 heteroatoms. The first-order valence-corrected chi connectivity index (χ1v) is 13.8. The van der Waals surface area contributed by atoms with Crippen molar-refractivity contribution >= 4 is 65.8 Å². The number of fused-ring (bicyclic) bond motifs is 4. The van der Waals surface area contributed by atoms with Gasteiger partial charge in [-0.25, -0.2) is 0 Å². The summed E-state index contributed by atoms with van der Waals surface area (Å²) in [6, 6.07) is 8.67. The topological polar surface area (TPSA) is 69.6 Å². The summed E-state index contributed by atoms with van der Waals surface area (Å²) in [5, 5.41) is 0.209. The summed E-state index contributed by atoms with van der Waals surface area (Å²) in [4.78, 5) is 40.5. The van der Waals surface area contributed by atoms with Gasteiger partial charge in [0, 0.05) is 0 Å². The van der Waals surface area contributed by atoms with E-state index in [1.807, 2.05) is 0 Å². The molecule has 1 fully saturated rings. The van der Waals surface area contributed by atoms with Crippen LogP contribution in [0, 0.1) is 0 Å². The van der Waals surface area contributed by atoms with E-state index in [1.54, 1.807) is 32.6 Å². The monoisotopic (exact) mass is 563 g/mol. The Morgan fingerprint density at radius 2 is 1.53 bits per heavy atom. The van der Waals surface area contributed by atoms with Crippen LogP contribution in [-0.2, 0) is 20.4 Å². The van der Waals surface area contributed by atoms with Gasteiger partial charge in [-0.2, -0.15) is 0 Å². The van der Waals surface area contributed by atoms with Gasteiger partial charge in [-0.3, -0.25) is 0 Å². The molecule has 0 aliphatic carbocycles. The van der Waals surface area contributed by atoms with E-state index in [4.69, 9.17) is 22.2 Å². The van der Waals surface area contributed by atoms with E-state index in [0.29, 0.717) is 0 Å². The molecule has 36 heavy (non-hydrogen) atoms. The van der Waals surface area contributed by atoms with E-state index < -0.39 is 0 Å². The fourth-order valence-electron chi connectivity index (χ4n) is 5.51. The summed E-state index contributed by atoms with van der Waals surface area (Å²) in [5.41, 5.74) is 5.35. The van der Waals surface area contributed by atoms with Crippen LogP contribution >= 0.6 is 12.2 Å². The van der Waals surface area contributed by atoms with E-state index >= 15 is 0 Å². The number of carbonyl (C=O) groups is 2. The van der Waals surface area contributed by atoms with Crippen molar-refractivity contribution in [1.82, 2.24) is 19.8 Å². The summed E-state index contributed by atoms with van der Waals surface area (Å²) in [6.07, 6.45) is 5.25. The first-order valence-electron chi connectivity index (χ1n) is 11.7. The Bertz CT molecular complexity index is 1530. The van der Waals surface area contributed by atoms with E-state index in [-0.39, 0.29) is 47.8 Å². The molecule has 182 valence electrons.